The summed E-state index contributed by atoms with van der Waals surface area (Å²) in [5.41, 5.74) is 1.33. The van der Waals surface area contributed by atoms with Gasteiger partial charge in [-0.1, -0.05) is 35.9 Å². The van der Waals surface area contributed by atoms with Crippen LogP contribution in [0.3, 0.4) is 0 Å². The molecule has 1 amide bonds. The molecule has 0 aliphatic heterocycles. The number of hydrogen-bond acceptors (Lipinski definition) is 6. The number of rotatable bonds is 6. The molecule has 138 valence electrons. The molecule has 0 spiro atoms. The van der Waals surface area contributed by atoms with Gasteiger partial charge in [-0.25, -0.2) is 4.79 Å². The molecule has 9 heteroatoms. The third-order valence-electron chi connectivity index (χ3n) is 3.52. The Bertz CT molecular complexity index is 973. The van der Waals surface area contributed by atoms with Crippen LogP contribution in [-0.4, -0.2) is 38.7 Å². The molecule has 1 heterocycles. The number of amides is 1. The number of carbonyl (C=O) groups is 2. The standard InChI is InChI=1S/C18H16ClN5O3/c1-2-27-18(26)14-8-3-4-9-15(14)20-16(25)11-24-22-17(21-23-24)12-6-5-7-13(19)10-12/h3-10H,2,11H2,1H3,(H,20,25). The Morgan fingerprint density at radius 1 is 1.19 bits per heavy atom. The summed E-state index contributed by atoms with van der Waals surface area (Å²) >= 11 is 5.95. The van der Waals surface area contributed by atoms with Crippen molar-refractivity contribution in [3.05, 3.63) is 59.1 Å². The molecule has 0 atom stereocenters. The van der Waals surface area contributed by atoms with Crippen molar-refractivity contribution in [1.29, 1.82) is 0 Å². The van der Waals surface area contributed by atoms with Crippen LogP contribution in [0.1, 0.15) is 17.3 Å². The Hall–Kier alpha value is -3.26. The molecule has 1 N–H and O–H groups in total. The number of aromatic nitrogens is 4. The lowest BCUT2D eigenvalue weighted by atomic mass is 10.2. The lowest BCUT2D eigenvalue weighted by Gasteiger charge is -2.09. The molecule has 27 heavy (non-hydrogen) atoms. The first-order valence-electron chi connectivity index (χ1n) is 8.16. The van der Waals surface area contributed by atoms with Gasteiger partial charge in [0.2, 0.25) is 11.7 Å². The molecule has 3 aromatic rings. The van der Waals surface area contributed by atoms with Gasteiger partial charge in [0.25, 0.3) is 0 Å². The lowest BCUT2D eigenvalue weighted by molar-refractivity contribution is -0.117. The fraction of sp³-hybridized carbons (Fsp3) is 0.167. The Morgan fingerprint density at radius 3 is 2.78 bits per heavy atom. The van der Waals surface area contributed by atoms with E-state index in [1.807, 2.05) is 0 Å². The predicted octanol–water partition coefficient (Wildman–Crippen LogP) is 2.81. The van der Waals surface area contributed by atoms with Crippen molar-refractivity contribution in [3.63, 3.8) is 0 Å². The van der Waals surface area contributed by atoms with Crippen LogP contribution in [0.5, 0.6) is 0 Å². The summed E-state index contributed by atoms with van der Waals surface area (Å²) in [6.07, 6.45) is 0. The summed E-state index contributed by atoms with van der Waals surface area (Å²) in [6.45, 7) is 1.80. The van der Waals surface area contributed by atoms with Crippen molar-refractivity contribution in [3.8, 4) is 11.4 Å². The molecule has 0 saturated carbocycles. The van der Waals surface area contributed by atoms with Crippen molar-refractivity contribution in [2.45, 2.75) is 13.5 Å². The van der Waals surface area contributed by atoms with Crippen molar-refractivity contribution >= 4 is 29.2 Å². The topological polar surface area (TPSA) is 99.0 Å². The Balaban J connectivity index is 1.70. The van der Waals surface area contributed by atoms with Crippen LogP contribution >= 0.6 is 11.6 Å². The van der Waals surface area contributed by atoms with E-state index in [2.05, 4.69) is 20.7 Å². The van der Waals surface area contributed by atoms with E-state index in [1.165, 1.54) is 4.80 Å². The van der Waals surface area contributed by atoms with E-state index < -0.39 is 11.9 Å². The van der Waals surface area contributed by atoms with Crippen molar-refractivity contribution in [1.82, 2.24) is 20.2 Å². The van der Waals surface area contributed by atoms with Crippen LogP contribution in [0, 0.1) is 0 Å². The highest BCUT2D eigenvalue weighted by Gasteiger charge is 2.15. The molecule has 8 nitrogen and oxygen atoms in total. The SMILES string of the molecule is CCOC(=O)c1ccccc1NC(=O)Cn1nnc(-c2cccc(Cl)c2)n1. The van der Waals surface area contributed by atoms with Crippen LogP contribution in [0.4, 0.5) is 5.69 Å². The summed E-state index contributed by atoms with van der Waals surface area (Å²) in [5.74, 6) is -0.547. The fourth-order valence-corrected chi connectivity index (χ4v) is 2.54. The Morgan fingerprint density at radius 2 is 2.00 bits per heavy atom. The van der Waals surface area contributed by atoms with Crippen LogP contribution < -0.4 is 5.32 Å². The second-order valence-electron chi connectivity index (χ2n) is 5.47. The van der Waals surface area contributed by atoms with Crippen LogP contribution in [0.15, 0.2) is 48.5 Å². The zero-order valence-electron chi connectivity index (χ0n) is 14.4. The maximum Gasteiger partial charge on any atom is 0.340 e. The average Bonchev–Trinajstić information content (AvgIpc) is 3.10. The van der Waals surface area contributed by atoms with Crippen LogP contribution in [0.2, 0.25) is 5.02 Å². The molecule has 0 saturated heterocycles. The van der Waals surface area contributed by atoms with Crippen molar-refractivity contribution in [2.75, 3.05) is 11.9 Å². The number of anilines is 1. The second-order valence-corrected chi connectivity index (χ2v) is 5.90. The number of esters is 1. The van der Waals surface area contributed by atoms with Gasteiger partial charge in [0.05, 0.1) is 17.9 Å². The van der Waals surface area contributed by atoms with E-state index in [0.717, 1.165) is 0 Å². The van der Waals surface area contributed by atoms with Crippen molar-refractivity contribution in [2.24, 2.45) is 0 Å². The van der Waals surface area contributed by atoms with Gasteiger partial charge >= 0.3 is 5.97 Å². The number of carbonyl (C=O) groups excluding carboxylic acids is 2. The van der Waals surface area contributed by atoms with Gasteiger partial charge in [-0.15, -0.1) is 10.2 Å². The highest BCUT2D eigenvalue weighted by molar-refractivity contribution is 6.30. The number of hydrogen-bond donors (Lipinski definition) is 1. The molecule has 2 aromatic carbocycles. The Kier molecular flexibility index (Phi) is 5.77. The van der Waals surface area contributed by atoms with Gasteiger partial charge < -0.3 is 10.1 Å². The summed E-state index contributed by atoms with van der Waals surface area (Å²) in [7, 11) is 0. The summed E-state index contributed by atoms with van der Waals surface area (Å²) in [4.78, 5) is 25.4. The Labute approximate surface area is 160 Å². The van der Waals surface area contributed by atoms with Gasteiger partial charge in [-0.2, -0.15) is 4.80 Å². The quantitative estimate of drug-likeness (QED) is 0.655. The summed E-state index contributed by atoms with van der Waals surface area (Å²) in [6, 6.07) is 13.6. The van der Waals surface area contributed by atoms with E-state index in [9.17, 15) is 9.59 Å². The second kappa shape index (κ2) is 8.41. The molecule has 0 bridgehead atoms. The molecule has 0 fully saturated rings. The first-order chi connectivity index (χ1) is 13.1. The maximum absolute atomic E-state index is 12.3. The zero-order chi connectivity index (χ0) is 19.2. The normalized spacial score (nSPS) is 10.4. The number of para-hydroxylation sites is 1. The van der Waals surface area contributed by atoms with E-state index in [1.54, 1.807) is 55.5 Å². The number of ether oxygens (including phenoxy) is 1. The minimum absolute atomic E-state index is 0.162. The van der Waals surface area contributed by atoms with Crippen LogP contribution in [-0.2, 0) is 16.1 Å². The highest BCUT2D eigenvalue weighted by atomic mass is 35.5. The molecular weight excluding hydrogens is 370 g/mol. The van der Waals surface area contributed by atoms with Gasteiger partial charge in [0.15, 0.2) is 0 Å². The maximum atomic E-state index is 12.3. The minimum Gasteiger partial charge on any atom is -0.462 e. The fourth-order valence-electron chi connectivity index (χ4n) is 2.35. The van der Waals surface area contributed by atoms with Gasteiger partial charge in [-0.3, -0.25) is 4.79 Å². The number of halogens is 1. The van der Waals surface area contributed by atoms with E-state index in [4.69, 9.17) is 16.3 Å². The zero-order valence-corrected chi connectivity index (χ0v) is 15.2. The smallest absolute Gasteiger partial charge is 0.340 e. The highest BCUT2D eigenvalue weighted by Crippen LogP contribution is 2.19. The van der Waals surface area contributed by atoms with Gasteiger partial charge in [0.1, 0.15) is 6.54 Å². The molecule has 0 radical (unpaired) electrons. The minimum atomic E-state index is -0.504. The number of nitrogens with zero attached hydrogens (tertiary/aromatic N) is 4. The molecule has 0 unspecified atom stereocenters. The third-order valence-corrected chi connectivity index (χ3v) is 3.75. The van der Waals surface area contributed by atoms with E-state index >= 15 is 0 Å². The van der Waals surface area contributed by atoms with Crippen molar-refractivity contribution < 1.29 is 14.3 Å². The monoisotopic (exact) mass is 385 g/mol. The third kappa shape index (κ3) is 4.68. The molecule has 0 aliphatic carbocycles. The van der Waals surface area contributed by atoms with E-state index in [-0.39, 0.29) is 18.7 Å². The molecular formula is C18H16ClN5O3. The largest absolute Gasteiger partial charge is 0.462 e. The van der Waals surface area contributed by atoms with Gasteiger partial charge in [0, 0.05) is 10.6 Å². The number of benzene rings is 2. The van der Waals surface area contributed by atoms with E-state index in [0.29, 0.717) is 22.1 Å². The summed E-state index contributed by atoms with van der Waals surface area (Å²) < 4.78 is 4.99. The predicted molar refractivity (Wildman–Crippen MR) is 99.3 cm³/mol. The molecule has 1 aromatic heterocycles. The van der Waals surface area contributed by atoms with Crippen LogP contribution in [0.25, 0.3) is 11.4 Å². The van der Waals surface area contributed by atoms with Gasteiger partial charge in [-0.05, 0) is 36.4 Å². The number of nitrogens with one attached hydrogen (secondary N) is 1. The summed E-state index contributed by atoms with van der Waals surface area (Å²) in [5, 5.41) is 15.2. The lowest BCUT2D eigenvalue weighted by Crippen LogP contribution is -2.22. The average molecular weight is 386 g/mol. The molecule has 3 rings (SSSR count). The first kappa shape index (κ1) is 18.5. The first-order valence-corrected chi connectivity index (χ1v) is 8.54. The number of tetrazole rings is 1. The molecule has 0 aliphatic rings.